The number of carbonyl (C=O) groups is 2. The Morgan fingerprint density at radius 2 is 1.68 bits per heavy atom. The first-order valence-electron chi connectivity index (χ1n) is 10.1. The lowest BCUT2D eigenvalue weighted by molar-refractivity contribution is 0.0734. The normalized spacial score (nSPS) is 10.7. The van der Waals surface area contributed by atoms with Crippen LogP contribution in [-0.4, -0.2) is 28.1 Å². The van der Waals surface area contributed by atoms with Crippen LogP contribution in [0.1, 0.15) is 26.4 Å². The Kier molecular flexibility index (Phi) is 6.64. The fourth-order valence-corrected chi connectivity index (χ4v) is 2.94. The van der Waals surface area contributed by atoms with Crippen LogP contribution in [0.15, 0.2) is 94.8 Å². The highest BCUT2D eigenvalue weighted by atomic mass is 19.1. The van der Waals surface area contributed by atoms with E-state index in [0.29, 0.717) is 22.6 Å². The molecule has 3 aromatic carbocycles. The summed E-state index contributed by atoms with van der Waals surface area (Å²) in [5.41, 5.74) is 3.61. The minimum atomic E-state index is -0.652. The first kappa shape index (κ1) is 22.3. The van der Waals surface area contributed by atoms with Crippen molar-refractivity contribution < 1.29 is 18.7 Å². The number of hydrogen-bond donors (Lipinski definition) is 2. The quantitative estimate of drug-likeness (QED) is 0.199. The van der Waals surface area contributed by atoms with Crippen molar-refractivity contribution in [2.24, 2.45) is 5.10 Å². The molecule has 0 aliphatic rings. The van der Waals surface area contributed by atoms with Crippen LogP contribution in [0.4, 0.5) is 4.39 Å². The Hall–Kier alpha value is -4.92. The predicted octanol–water partition coefficient (Wildman–Crippen LogP) is 3.56. The van der Waals surface area contributed by atoms with Gasteiger partial charge in [-0.1, -0.05) is 30.3 Å². The van der Waals surface area contributed by atoms with Crippen LogP contribution >= 0.6 is 0 Å². The van der Waals surface area contributed by atoms with Crippen LogP contribution in [0.25, 0.3) is 11.3 Å². The van der Waals surface area contributed by atoms with Crippen LogP contribution < -0.4 is 15.9 Å². The molecule has 0 aliphatic carbocycles. The number of esters is 1. The molecule has 1 heterocycles. The average molecular weight is 456 g/mol. The van der Waals surface area contributed by atoms with Gasteiger partial charge in [0.15, 0.2) is 0 Å². The van der Waals surface area contributed by atoms with Crippen molar-refractivity contribution in [3.63, 3.8) is 0 Å². The summed E-state index contributed by atoms with van der Waals surface area (Å²) < 4.78 is 18.2. The van der Waals surface area contributed by atoms with E-state index < -0.39 is 23.4 Å². The summed E-state index contributed by atoms with van der Waals surface area (Å²) in [4.78, 5) is 42.6. The molecule has 1 aromatic heterocycles. The zero-order chi connectivity index (χ0) is 23.9. The topological polar surface area (TPSA) is 114 Å². The van der Waals surface area contributed by atoms with Crippen molar-refractivity contribution >= 4 is 18.1 Å². The zero-order valence-corrected chi connectivity index (χ0v) is 17.6. The van der Waals surface area contributed by atoms with Crippen LogP contribution in [0, 0.1) is 5.82 Å². The Morgan fingerprint density at radius 3 is 2.38 bits per heavy atom. The maximum atomic E-state index is 13.0. The van der Waals surface area contributed by atoms with Gasteiger partial charge in [-0.25, -0.2) is 19.4 Å². The van der Waals surface area contributed by atoms with E-state index in [0.717, 1.165) is 0 Å². The molecule has 0 unspecified atom stereocenters. The SMILES string of the molecule is O=C(Oc1ccc(/C=N/NC(=O)c2cc(-c3ccccc3)nc(=O)[nH]2)cc1)c1ccc(F)cc1. The Bertz CT molecular complexity index is 1400. The number of nitrogens with zero attached hydrogens (tertiary/aromatic N) is 2. The van der Waals surface area contributed by atoms with E-state index in [4.69, 9.17) is 4.74 Å². The van der Waals surface area contributed by atoms with Crippen molar-refractivity contribution in [2.45, 2.75) is 0 Å². The largest absolute Gasteiger partial charge is 0.423 e. The molecule has 0 spiro atoms. The third-order valence-electron chi connectivity index (χ3n) is 4.61. The first-order chi connectivity index (χ1) is 16.5. The number of hydrogen-bond acceptors (Lipinski definition) is 6. The van der Waals surface area contributed by atoms with Crippen LogP contribution in [-0.2, 0) is 0 Å². The highest BCUT2D eigenvalue weighted by molar-refractivity contribution is 5.94. The number of benzene rings is 3. The van der Waals surface area contributed by atoms with Gasteiger partial charge < -0.3 is 9.72 Å². The van der Waals surface area contributed by atoms with Crippen LogP contribution in [0.5, 0.6) is 5.75 Å². The third-order valence-corrected chi connectivity index (χ3v) is 4.61. The van der Waals surface area contributed by atoms with E-state index in [9.17, 15) is 18.8 Å². The molecule has 0 bridgehead atoms. The second-order valence-corrected chi connectivity index (χ2v) is 7.02. The monoisotopic (exact) mass is 456 g/mol. The molecule has 168 valence electrons. The molecule has 8 nitrogen and oxygen atoms in total. The maximum absolute atomic E-state index is 13.0. The summed E-state index contributed by atoms with van der Waals surface area (Å²) in [6.07, 6.45) is 1.39. The summed E-state index contributed by atoms with van der Waals surface area (Å²) >= 11 is 0. The number of hydrazone groups is 1. The van der Waals surface area contributed by atoms with Gasteiger partial charge in [-0.05, 0) is 60.2 Å². The Balaban J connectivity index is 1.37. The van der Waals surface area contributed by atoms with Crippen molar-refractivity contribution in [1.29, 1.82) is 0 Å². The number of carbonyl (C=O) groups excluding carboxylic acids is 2. The molecule has 9 heteroatoms. The lowest BCUT2D eigenvalue weighted by Crippen LogP contribution is -2.24. The van der Waals surface area contributed by atoms with Gasteiger partial charge in [0.2, 0.25) is 0 Å². The molecule has 1 amide bonds. The van der Waals surface area contributed by atoms with Crippen LogP contribution in [0.3, 0.4) is 0 Å². The summed E-state index contributed by atoms with van der Waals surface area (Å²) in [6, 6.07) is 21.8. The number of H-pyrrole nitrogens is 1. The number of nitrogens with one attached hydrogen (secondary N) is 2. The second-order valence-electron chi connectivity index (χ2n) is 7.02. The molecular formula is C25H17FN4O4. The van der Waals surface area contributed by atoms with Gasteiger partial charge in [0.25, 0.3) is 5.91 Å². The smallest absolute Gasteiger partial charge is 0.346 e. The number of aromatic nitrogens is 2. The fourth-order valence-electron chi connectivity index (χ4n) is 2.94. The predicted molar refractivity (Wildman–Crippen MR) is 123 cm³/mol. The van der Waals surface area contributed by atoms with E-state index in [-0.39, 0.29) is 11.3 Å². The lowest BCUT2D eigenvalue weighted by atomic mass is 10.1. The van der Waals surface area contributed by atoms with Crippen molar-refractivity contribution in [1.82, 2.24) is 15.4 Å². The summed E-state index contributed by atoms with van der Waals surface area (Å²) in [5, 5.41) is 3.89. The standard InChI is InChI=1S/C25H17FN4O4/c26-19-10-8-18(9-11-19)24(32)34-20-12-6-16(7-13-20)15-27-30-23(31)22-14-21(28-25(33)29-22)17-4-2-1-3-5-17/h1-15H,(H,30,31)(H,28,29,33)/b27-15+. The molecule has 0 fully saturated rings. The van der Waals surface area contributed by atoms with Gasteiger partial charge in [-0.15, -0.1) is 0 Å². The average Bonchev–Trinajstić information content (AvgIpc) is 2.85. The molecule has 0 saturated heterocycles. The lowest BCUT2D eigenvalue weighted by Gasteiger charge is -2.05. The van der Waals surface area contributed by atoms with Gasteiger partial charge in [-0.3, -0.25) is 4.79 Å². The zero-order valence-electron chi connectivity index (χ0n) is 17.6. The minimum absolute atomic E-state index is 0.0130. The number of amides is 1. The molecule has 2 N–H and O–H groups in total. The van der Waals surface area contributed by atoms with Gasteiger partial charge in [0.05, 0.1) is 17.5 Å². The Morgan fingerprint density at radius 1 is 0.971 bits per heavy atom. The molecule has 34 heavy (non-hydrogen) atoms. The van der Waals surface area contributed by atoms with Gasteiger partial charge in [-0.2, -0.15) is 10.1 Å². The van der Waals surface area contributed by atoms with Gasteiger partial charge in [0, 0.05) is 5.56 Å². The molecule has 0 saturated carbocycles. The van der Waals surface area contributed by atoms with E-state index >= 15 is 0 Å². The number of halogens is 1. The summed E-state index contributed by atoms with van der Waals surface area (Å²) in [6.45, 7) is 0. The molecule has 4 rings (SSSR count). The summed E-state index contributed by atoms with van der Waals surface area (Å²) in [5.74, 6) is -1.38. The third kappa shape index (κ3) is 5.65. The van der Waals surface area contributed by atoms with E-state index in [1.54, 1.807) is 48.5 Å². The fraction of sp³-hybridized carbons (Fsp3) is 0. The number of rotatable bonds is 6. The molecular weight excluding hydrogens is 439 g/mol. The highest BCUT2D eigenvalue weighted by Crippen LogP contribution is 2.16. The van der Waals surface area contributed by atoms with E-state index in [1.165, 1.54) is 36.5 Å². The first-order valence-corrected chi connectivity index (χ1v) is 10.1. The van der Waals surface area contributed by atoms with Crippen molar-refractivity contribution in [3.8, 4) is 17.0 Å². The number of ether oxygens (including phenoxy) is 1. The van der Waals surface area contributed by atoms with Gasteiger partial charge >= 0.3 is 11.7 Å². The molecule has 0 aliphatic heterocycles. The highest BCUT2D eigenvalue weighted by Gasteiger charge is 2.10. The van der Waals surface area contributed by atoms with E-state index in [1.807, 2.05) is 6.07 Å². The Labute approximate surface area is 192 Å². The maximum Gasteiger partial charge on any atom is 0.346 e. The van der Waals surface area contributed by atoms with Crippen molar-refractivity contribution in [2.75, 3.05) is 0 Å². The number of aromatic amines is 1. The second kappa shape index (κ2) is 10.1. The van der Waals surface area contributed by atoms with Gasteiger partial charge in [0.1, 0.15) is 17.3 Å². The molecule has 4 aromatic rings. The minimum Gasteiger partial charge on any atom is -0.423 e. The molecule has 0 radical (unpaired) electrons. The van der Waals surface area contributed by atoms with Crippen LogP contribution in [0.2, 0.25) is 0 Å². The van der Waals surface area contributed by atoms with Crippen molar-refractivity contribution in [3.05, 3.63) is 118 Å². The summed E-state index contributed by atoms with van der Waals surface area (Å²) in [7, 11) is 0. The molecule has 0 atom stereocenters. The van der Waals surface area contributed by atoms with E-state index in [2.05, 4.69) is 20.5 Å².